The third kappa shape index (κ3) is 3.81. The maximum Gasteiger partial charge on any atom is 0.132 e. The van der Waals surface area contributed by atoms with Crippen LogP contribution >= 0.6 is 27.5 Å². The van der Waals surface area contributed by atoms with E-state index in [1.165, 1.54) is 17.6 Å². The Hall–Kier alpha value is -0.850. The maximum absolute atomic E-state index is 13.9. The smallest absolute Gasteiger partial charge is 0.132 e. The average molecular weight is 344 g/mol. The van der Waals surface area contributed by atoms with Crippen molar-refractivity contribution in [3.63, 3.8) is 0 Å². The molecule has 0 unspecified atom stereocenters. The minimum Gasteiger partial charge on any atom is -0.307 e. The van der Waals surface area contributed by atoms with Crippen LogP contribution in [0.4, 0.5) is 4.39 Å². The summed E-state index contributed by atoms with van der Waals surface area (Å²) in [5, 5.41) is 7.42. The van der Waals surface area contributed by atoms with Gasteiger partial charge >= 0.3 is 0 Å². The van der Waals surface area contributed by atoms with Gasteiger partial charge in [0.25, 0.3) is 0 Å². The van der Waals surface area contributed by atoms with Crippen molar-refractivity contribution in [3.8, 4) is 11.3 Å². The van der Waals surface area contributed by atoms with Gasteiger partial charge in [0.1, 0.15) is 11.5 Å². The van der Waals surface area contributed by atoms with Crippen molar-refractivity contribution in [1.29, 1.82) is 0 Å². The summed E-state index contributed by atoms with van der Waals surface area (Å²) in [6, 6.07) is 4.83. The molecule has 0 radical (unpaired) electrons. The highest BCUT2D eigenvalue weighted by Gasteiger charge is 2.17. The van der Waals surface area contributed by atoms with Crippen LogP contribution < -0.4 is 5.32 Å². The molecular formula is C13H15BrFN3S. The second-order valence-electron chi connectivity index (χ2n) is 5.27. The normalized spacial score (nSPS) is 11.8. The Morgan fingerprint density at radius 2 is 2.11 bits per heavy atom. The molecule has 0 amide bonds. The van der Waals surface area contributed by atoms with Gasteiger partial charge in [-0.15, -0.1) is 5.10 Å². The molecule has 0 aliphatic rings. The number of nitrogens with zero attached hydrogens (tertiary/aromatic N) is 2. The lowest BCUT2D eigenvalue weighted by atomic mass is 10.1. The molecule has 1 aromatic heterocycles. The van der Waals surface area contributed by atoms with Crippen LogP contribution in [0.1, 0.15) is 25.6 Å². The number of nitrogens with one attached hydrogen (secondary N) is 1. The highest BCUT2D eigenvalue weighted by Crippen LogP contribution is 2.29. The van der Waals surface area contributed by atoms with Crippen LogP contribution in [0, 0.1) is 5.82 Å². The van der Waals surface area contributed by atoms with Crippen molar-refractivity contribution in [2.45, 2.75) is 32.9 Å². The van der Waals surface area contributed by atoms with Crippen LogP contribution in [0.2, 0.25) is 0 Å². The van der Waals surface area contributed by atoms with E-state index >= 15 is 0 Å². The minimum atomic E-state index is -0.284. The molecule has 0 bridgehead atoms. The van der Waals surface area contributed by atoms with Crippen LogP contribution in [-0.2, 0) is 6.54 Å². The Morgan fingerprint density at radius 3 is 2.79 bits per heavy atom. The van der Waals surface area contributed by atoms with Crippen LogP contribution in [0.15, 0.2) is 22.7 Å². The average Bonchev–Trinajstić information content (AvgIpc) is 2.77. The first-order valence-corrected chi connectivity index (χ1v) is 7.45. The standard InChI is InChI=1S/C13H15BrFN3S/c1-13(2,3)16-7-11-12(17-18-19-11)9-6-8(14)4-5-10(9)15/h4-6,16H,7H2,1-3H3. The predicted octanol–water partition coefficient (Wildman–Crippen LogP) is 3.99. The van der Waals surface area contributed by atoms with Gasteiger partial charge in [-0.1, -0.05) is 20.4 Å². The summed E-state index contributed by atoms with van der Waals surface area (Å²) in [4.78, 5) is 0.937. The fourth-order valence-corrected chi connectivity index (χ4v) is 2.51. The molecule has 0 aliphatic carbocycles. The summed E-state index contributed by atoms with van der Waals surface area (Å²) in [6.45, 7) is 6.88. The largest absolute Gasteiger partial charge is 0.307 e. The highest BCUT2D eigenvalue weighted by molar-refractivity contribution is 9.10. The van der Waals surface area contributed by atoms with Gasteiger partial charge in [-0.25, -0.2) is 4.39 Å². The van der Waals surface area contributed by atoms with E-state index in [4.69, 9.17) is 0 Å². The predicted molar refractivity (Wildman–Crippen MR) is 79.6 cm³/mol. The zero-order chi connectivity index (χ0) is 14.0. The Balaban J connectivity index is 2.31. The van der Waals surface area contributed by atoms with Crippen molar-refractivity contribution in [3.05, 3.63) is 33.4 Å². The molecule has 1 aromatic carbocycles. The molecule has 0 atom stereocenters. The molecule has 0 spiro atoms. The van der Waals surface area contributed by atoms with Gasteiger partial charge < -0.3 is 5.32 Å². The number of benzene rings is 1. The first kappa shape index (κ1) is 14.6. The molecule has 1 N–H and O–H groups in total. The number of rotatable bonds is 3. The molecule has 1 heterocycles. The molecule has 0 fully saturated rings. The topological polar surface area (TPSA) is 37.8 Å². The van der Waals surface area contributed by atoms with Crippen LogP contribution in [-0.4, -0.2) is 15.1 Å². The van der Waals surface area contributed by atoms with Crippen molar-refractivity contribution in [2.75, 3.05) is 0 Å². The monoisotopic (exact) mass is 343 g/mol. The number of hydrogen-bond donors (Lipinski definition) is 1. The summed E-state index contributed by atoms with van der Waals surface area (Å²) in [7, 11) is 0. The summed E-state index contributed by atoms with van der Waals surface area (Å²) >= 11 is 4.64. The van der Waals surface area contributed by atoms with Gasteiger partial charge in [0, 0.05) is 22.1 Å². The Labute approximate surface area is 124 Å². The second kappa shape index (κ2) is 5.64. The SMILES string of the molecule is CC(C)(C)NCc1snnc1-c1cc(Br)ccc1F. The molecule has 19 heavy (non-hydrogen) atoms. The van der Waals surface area contributed by atoms with E-state index in [2.05, 4.69) is 51.6 Å². The zero-order valence-electron chi connectivity index (χ0n) is 11.0. The molecule has 102 valence electrons. The molecular weight excluding hydrogens is 329 g/mol. The lowest BCUT2D eigenvalue weighted by Gasteiger charge is -2.20. The molecule has 0 aliphatic heterocycles. The number of hydrogen-bond acceptors (Lipinski definition) is 4. The van der Waals surface area contributed by atoms with E-state index < -0.39 is 0 Å². The third-order valence-electron chi connectivity index (χ3n) is 2.52. The maximum atomic E-state index is 13.9. The Bertz CT molecular complexity index is 578. The molecule has 2 aromatic rings. The first-order chi connectivity index (χ1) is 8.87. The lowest BCUT2D eigenvalue weighted by molar-refractivity contribution is 0.426. The van der Waals surface area contributed by atoms with E-state index in [1.54, 1.807) is 12.1 Å². The van der Waals surface area contributed by atoms with Crippen molar-refractivity contribution in [2.24, 2.45) is 0 Å². The summed E-state index contributed by atoms with van der Waals surface area (Å²) in [5.74, 6) is -0.284. The van der Waals surface area contributed by atoms with Gasteiger partial charge in [-0.05, 0) is 50.5 Å². The van der Waals surface area contributed by atoms with E-state index in [9.17, 15) is 4.39 Å². The van der Waals surface area contributed by atoms with Crippen molar-refractivity contribution < 1.29 is 4.39 Å². The van der Waals surface area contributed by atoms with Crippen molar-refractivity contribution >= 4 is 27.5 Å². The third-order valence-corrected chi connectivity index (χ3v) is 3.73. The minimum absolute atomic E-state index is 0.00290. The summed E-state index contributed by atoms with van der Waals surface area (Å²) < 4.78 is 18.6. The molecule has 2 rings (SSSR count). The van der Waals surface area contributed by atoms with Gasteiger partial charge in [-0.3, -0.25) is 0 Å². The zero-order valence-corrected chi connectivity index (χ0v) is 13.4. The van der Waals surface area contributed by atoms with E-state index in [0.29, 0.717) is 17.8 Å². The van der Waals surface area contributed by atoms with Crippen LogP contribution in [0.25, 0.3) is 11.3 Å². The Kier molecular flexibility index (Phi) is 4.32. The lowest BCUT2D eigenvalue weighted by Crippen LogP contribution is -2.34. The summed E-state index contributed by atoms with van der Waals surface area (Å²) in [6.07, 6.45) is 0. The Morgan fingerprint density at radius 1 is 1.37 bits per heavy atom. The molecule has 6 heteroatoms. The fourth-order valence-electron chi connectivity index (χ4n) is 1.55. The molecule has 0 saturated heterocycles. The highest BCUT2D eigenvalue weighted by atomic mass is 79.9. The van der Waals surface area contributed by atoms with Crippen molar-refractivity contribution in [1.82, 2.24) is 14.9 Å². The quantitative estimate of drug-likeness (QED) is 0.915. The van der Waals surface area contributed by atoms with Crippen LogP contribution in [0.5, 0.6) is 0 Å². The fraction of sp³-hybridized carbons (Fsp3) is 0.385. The van der Waals surface area contributed by atoms with Gasteiger partial charge in [-0.2, -0.15) is 0 Å². The molecule has 0 saturated carbocycles. The number of aromatic nitrogens is 2. The number of halogens is 2. The first-order valence-electron chi connectivity index (χ1n) is 5.88. The molecule has 3 nitrogen and oxygen atoms in total. The van der Waals surface area contributed by atoms with E-state index in [1.807, 2.05) is 0 Å². The van der Waals surface area contributed by atoms with Gasteiger partial charge in [0.05, 0.1) is 4.88 Å². The van der Waals surface area contributed by atoms with Gasteiger partial charge in [0.15, 0.2) is 0 Å². The summed E-state index contributed by atoms with van der Waals surface area (Å²) in [5.41, 5.74) is 1.09. The van der Waals surface area contributed by atoms with E-state index in [0.717, 1.165) is 9.35 Å². The second-order valence-corrected chi connectivity index (χ2v) is 7.03. The van der Waals surface area contributed by atoms with Gasteiger partial charge in [0.2, 0.25) is 0 Å². The van der Waals surface area contributed by atoms with Crippen LogP contribution in [0.3, 0.4) is 0 Å². The van der Waals surface area contributed by atoms with E-state index in [-0.39, 0.29) is 11.4 Å².